The van der Waals surface area contributed by atoms with Crippen molar-refractivity contribution in [1.29, 1.82) is 0 Å². The molecule has 1 fully saturated rings. The highest BCUT2D eigenvalue weighted by atomic mass is 32.2. The summed E-state index contributed by atoms with van der Waals surface area (Å²) in [6, 6.07) is 13.1. The summed E-state index contributed by atoms with van der Waals surface area (Å²) in [7, 11) is -3.74. The smallest absolute Gasteiger partial charge is 0.253 e. The molecule has 0 unspecified atom stereocenters. The third kappa shape index (κ3) is 5.86. The molecular weight excluding hydrogens is 392 g/mol. The summed E-state index contributed by atoms with van der Waals surface area (Å²) in [5, 5.41) is 13.8. The fourth-order valence-electron chi connectivity index (χ4n) is 2.79. The van der Waals surface area contributed by atoms with Crippen molar-refractivity contribution in [1.82, 2.24) is 10.6 Å². The average Bonchev–Trinajstić information content (AvgIpc) is 3.50. The molecule has 0 spiro atoms. The molecule has 0 heterocycles. The topological polar surface area (TPSA) is 130 Å². The Bertz CT molecular complexity index is 1000. The van der Waals surface area contributed by atoms with E-state index in [0.29, 0.717) is 11.3 Å². The van der Waals surface area contributed by atoms with Crippen LogP contribution in [-0.4, -0.2) is 32.8 Å². The molecule has 0 aromatic heterocycles. The van der Waals surface area contributed by atoms with Crippen LogP contribution < -0.4 is 21.1 Å². The van der Waals surface area contributed by atoms with E-state index in [4.69, 9.17) is 5.14 Å². The maximum atomic E-state index is 12.3. The first-order valence-corrected chi connectivity index (χ1v) is 10.8. The van der Waals surface area contributed by atoms with Gasteiger partial charge in [-0.25, -0.2) is 13.6 Å². The Labute approximate surface area is 169 Å². The number of sulfonamides is 1. The minimum absolute atomic E-state index is 0.0245. The molecule has 0 aliphatic heterocycles. The molecule has 154 valence electrons. The van der Waals surface area contributed by atoms with Crippen LogP contribution in [0.4, 0.5) is 5.69 Å². The Kier molecular flexibility index (Phi) is 6.31. The van der Waals surface area contributed by atoms with Crippen LogP contribution in [0.15, 0.2) is 53.4 Å². The zero-order valence-corrected chi connectivity index (χ0v) is 16.8. The third-order valence-corrected chi connectivity index (χ3v) is 5.57. The van der Waals surface area contributed by atoms with Gasteiger partial charge in [0.1, 0.15) is 0 Å². The van der Waals surface area contributed by atoms with Crippen molar-refractivity contribution in [2.45, 2.75) is 36.7 Å². The predicted octanol–water partition coefficient (Wildman–Crippen LogP) is 1.52. The molecule has 2 aromatic carbocycles. The molecule has 1 aliphatic rings. The lowest BCUT2D eigenvalue weighted by molar-refractivity contribution is -0.115. The molecule has 1 atom stereocenters. The Balaban J connectivity index is 1.56. The number of nitrogens with one attached hydrogen (secondary N) is 3. The number of rotatable bonds is 8. The van der Waals surface area contributed by atoms with Crippen molar-refractivity contribution < 1.29 is 18.0 Å². The summed E-state index contributed by atoms with van der Waals surface area (Å²) in [6.45, 7) is 1.88. The Hall–Kier alpha value is -2.75. The summed E-state index contributed by atoms with van der Waals surface area (Å²) in [4.78, 5) is 24.7. The van der Waals surface area contributed by atoms with Crippen molar-refractivity contribution >= 4 is 27.5 Å². The standard InChI is InChI=1S/C20H24N4O4S/c1-13(14-6-10-16(11-7-14)29(21,27)28)22-12-19(25)24-18-5-3-2-4-17(18)20(26)23-15-8-9-15/h2-7,10-11,13,15,22H,8-9,12H2,1H3,(H,23,26)(H,24,25)(H2,21,27,28)/t13-/m0/s1. The number of carbonyl (C=O) groups excluding carboxylic acids is 2. The van der Waals surface area contributed by atoms with E-state index in [2.05, 4.69) is 16.0 Å². The van der Waals surface area contributed by atoms with E-state index >= 15 is 0 Å². The van der Waals surface area contributed by atoms with E-state index < -0.39 is 10.0 Å². The summed E-state index contributed by atoms with van der Waals surface area (Å²) in [6.07, 6.45) is 1.97. The van der Waals surface area contributed by atoms with Gasteiger partial charge in [0.25, 0.3) is 5.91 Å². The zero-order chi connectivity index (χ0) is 21.0. The second kappa shape index (κ2) is 8.73. The summed E-state index contributed by atoms with van der Waals surface area (Å²) in [5.41, 5.74) is 1.71. The number of benzene rings is 2. The van der Waals surface area contributed by atoms with Crippen molar-refractivity contribution in [2.75, 3.05) is 11.9 Å². The maximum absolute atomic E-state index is 12.3. The van der Waals surface area contributed by atoms with Gasteiger partial charge in [-0.1, -0.05) is 24.3 Å². The molecule has 0 saturated heterocycles. The Morgan fingerprint density at radius 2 is 1.76 bits per heavy atom. The summed E-state index contributed by atoms with van der Waals surface area (Å²) < 4.78 is 22.6. The molecule has 3 rings (SSSR count). The molecular formula is C20H24N4O4S. The van der Waals surface area contributed by atoms with Crippen molar-refractivity contribution in [3.8, 4) is 0 Å². The van der Waals surface area contributed by atoms with Gasteiger partial charge in [0.2, 0.25) is 15.9 Å². The zero-order valence-electron chi connectivity index (χ0n) is 16.0. The number of nitrogens with two attached hydrogens (primary N) is 1. The molecule has 29 heavy (non-hydrogen) atoms. The summed E-state index contributed by atoms with van der Waals surface area (Å²) in [5.74, 6) is -0.482. The SMILES string of the molecule is C[C@H](NCC(=O)Nc1ccccc1C(=O)NC1CC1)c1ccc(S(N)(=O)=O)cc1. The first kappa shape index (κ1) is 21.0. The van der Waals surface area contributed by atoms with Crippen LogP contribution in [0.2, 0.25) is 0 Å². The first-order chi connectivity index (χ1) is 13.7. The van der Waals surface area contributed by atoms with Crippen molar-refractivity contribution in [3.05, 3.63) is 59.7 Å². The second-order valence-corrected chi connectivity index (χ2v) is 8.62. The molecule has 5 N–H and O–H groups in total. The number of primary sulfonamides is 1. The highest BCUT2D eigenvalue weighted by molar-refractivity contribution is 7.89. The molecule has 2 aromatic rings. The van der Waals surface area contributed by atoms with Crippen LogP contribution in [0, 0.1) is 0 Å². The van der Waals surface area contributed by atoms with E-state index in [1.54, 1.807) is 36.4 Å². The quantitative estimate of drug-likeness (QED) is 0.518. The van der Waals surface area contributed by atoms with Crippen LogP contribution >= 0.6 is 0 Å². The highest BCUT2D eigenvalue weighted by Crippen LogP contribution is 2.21. The molecule has 1 aliphatic carbocycles. The van der Waals surface area contributed by atoms with Crippen LogP contribution in [-0.2, 0) is 14.8 Å². The molecule has 1 saturated carbocycles. The van der Waals surface area contributed by atoms with Crippen molar-refractivity contribution in [3.63, 3.8) is 0 Å². The van der Waals surface area contributed by atoms with Crippen LogP contribution in [0.1, 0.15) is 41.7 Å². The maximum Gasteiger partial charge on any atom is 0.253 e. The number of hydrogen-bond donors (Lipinski definition) is 4. The van der Waals surface area contributed by atoms with E-state index in [-0.39, 0.29) is 35.3 Å². The third-order valence-electron chi connectivity index (χ3n) is 4.64. The fraction of sp³-hybridized carbons (Fsp3) is 0.300. The fourth-order valence-corrected chi connectivity index (χ4v) is 3.30. The number of anilines is 1. The average molecular weight is 417 g/mol. The highest BCUT2D eigenvalue weighted by Gasteiger charge is 2.25. The lowest BCUT2D eigenvalue weighted by Gasteiger charge is -2.15. The minimum atomic E-state index is -3.74. The van der Waals surface area contributed by atoms with Gasteiger partial charge in [-0.2, -0.15) is 0 Å². The Morgan fingerprint density at radius 1 is 1.10 bits per heavy atom. The lowest BCUT2D eigenvalue weighted by atomic mass is 10.1. The molecule has 0 bridgehead atoms. The van der Waals surface area contributed by atoms with Gasteiger partial charge < -0.3 is 16.0 Å². The lowest BCUT2D eigenvalue weighted by Crippen LogP contribution is -2.31. The number of carbonyl (C=O) groups is 2. The van der Waals surface area contributed by atoms with E-state index in [1.807, 2.05) is 6.92 Å². The molecule has 2 amide bonds. The largest absolute Gasteiger partial charge is 0.349 e. The molecule has 8 nitrogen and oxygen atoms in total. The Morgan fingerprint density at radius 3 is 2.38 bits per heavy atom. The van der Waals surface area contributed by atoms with Gasteiger partial charge in [0.15, 0.2) is 0 Å². The number of amides is 2. The van der Waals surface area contributed by atoms with Crippen molar-refractivity contribution in [2.24, 2.45) is 5.14 Å². The number of para-hydroxylation sites is 1. The van der Waals surface area contributed by atoms with Gasteiger partial charge in [-0.3, -0.25) is 9.59 Å². The van der Waals surface area contributed by atoms with Gasteiger partial charge in [0.05, 0.1) is 22.7 Å². The molecule has 9 heteroatoms. The van der Waals surface area contributed by atoms with Crippen LogP contribution in [0.25, 0.3) is 0 Å². The van der Waals surface area contributed by atoms with Gasteiger partial charge in [-0.15, -0.1) is 0 Å². The molecule has 0 radical (unpaired) electrons. The first-order valence-electron chi connectivity index (χ1n) is 9.30. The van der Waals surface area contributed by atoms with Gasteiger partial charge >= 0.3 is 0 Å². The van der Waals surface area contributed by atoms with E-state index in [9.17, 15) is 18.0 Å². The van der Waals surface area contributed by atoms with Crippen LogP contribution in [0.5, 0.6) is 0 Å². The van der Waals surface area contributed by atoms with E-state index in [0.717, 1.165) is 18.4 Å². The predicted molar refractivity (Wildman–Crippen MR) is 110 cm³/mol. The minimum Gasteiger partial charge on any atom is -0.349 e. The monoisotopic (exact) mass is 416 g/mol. The number of hydrogen-bond acceptors (Lipinski definition) is 5. The summed E-state index contributed by atoms with van der Waals surface area (Å²) >= 11 is 0. The van der Waals surface area contributed by atoms with E-state index in [1.165, 1.54) is 12.1 Å². The van der Waals surface area contributed by atoms with Crippen LogP contribution in [0.3, 0.4) is 0 Å². The second-order valence-electron chi connectivity index (χ2n) is 7.06. The van der Waals surface area contributed by atoms with Gasteiger partial charge in [0, 0.05) is 12.1 Å². The normalized spacial score (nSPS) is 14.8. The van der Waals surface area contributed by atoms with Gasteiger partial charge in [-0.05, 0) is 49.6 Å².